The average Bonchev–Trinajstić information content (AvgIpc) is 2.75. The highest BCUT2D eigenvalue weighted by Crippen LogP contribution is 2.12. The van der Waals surface area contributed by atoms with Crippen molar-refractivity contribution in [1.29, 1.82) is 0 Å². The Bertz CT molecular complexity index is 551. The number of nitrogens with zero attached hydrogens (tertiary/aromatic N) is 3. The van der Waals surface area contributed by atoms with Crippen molar-refractivity contribution in [2.75, 3.05) is 11.9 Å². The number of carbonyl (C=O) groups is 1. The molecule has 0 saturated carbocycles. The minimum Gasteiger partial charge on any atom is -0.478 e. The monoisotopic (exact) mass is 246 g/mol. The lowest BCUT2D eigenvalue weighted by Gasteiger charge is -2.08. The first-order valence-electron chi connectivity index (χ1n) is 5.57. The lowest BCUT2D eigenvalue weighted by molar-refractivity contribution is 0.0698. The van der Waals surface area contributed by atoms with Crippen molar-refractivity contribution >= 4 is 11.7 Å². The summed E-state index contributed by atoms with van der Waals surface area (Å²) < 4.78 is 1.80. The third-order valence-electron chi connectivity index (χ3n) is 2.47. The fraction of sp³-hybridized carbons (Fsp3) is 0.250. The largest absolute Gasteiger partial charge is 0.478 e. The smallest absolute Gasteiger partial charge is 0.337 e. The number of aromatic nitrogens is 3. The molecule has 0 bridgehead atoms. The average molecular weight is 246 g/mol. The molecule has 2 aromatic rings. The van der Waals surface area contributed by atoms with E-state index >= 15 is 0 Å². The van der Waals surface area contributed by atoms with Crippen molar-refractivity contribution in [2.45, 2.75) is 13.5 Å². The maximum atomic E-state index is 11.0. The topological polar surface area (TPSA) is 80.0 Å². The Morgan fingerprint density at radius 3 is 3.00 bits per heavy atom. The quantitative estimate of drug-likeness (QED) is 0.833. The van der Waals surface area contributed by atoms with E-state index in [1.54, 1.807) is 10.9 Å². The van der Waals surface area contributed by atoms with Gasteiger partial charge in [0.15, 0.2) is 0 Å². The first-order valence-corrected chi connectivity index (χ1v) is 5.57. The van der Waals surface area contributed by atoms with Crippen molar-refractivity contribution in [1.82, 2.24) is 14.8 Å². The van der Waals surface area contributed by atoms with Crippen molar-refractivity contribution < 1.29 is 9.90 Å². The highest BCUT2D eigenvalue weighted by Gasteiger charge is 2.08. The molecule has 0 aromatic carbocycles. The summed E-state index contributed by atoms with van der Waals surface area (Å²) in [5.74, 6) is -0.963. The van der Waals surface area contributed by atoms with E-state index in [4.69, 9.17) is 5.11 Å². The van der Waals surface area contributed by atoms with Crippen LogP contribution >= 0.6 is 0 Å². The van der Waals surface area contributed by atoms with Crippen LogP contribution in [0.5, 0.6) is 0 Å². The molecule has 0 unspecified atom stereocenters. The van der Waals surface area contributed by atoms with E-state index in [-0.39, 0.29) is 5.56 Å². The van der Waals surface area contributed by atoms with Crippen LogP contribution in [0.4, 0.5) is 5.69 Å². The predicted molar refractivity (Wildman–Crippen MR) is 66.7 cm³/mol. The molecule has 0 saturated heterocycles. The van der Waals surface area contributed by atoms with Gasteiger partial charge in [0, 0.05) is 18.9 Å². The van der Waals surface area contributed by atoms with E-state index in [0.717, 1.165) is 5.56 Å². The van der Waals surface area contributed by atoms with Gasteiger partial charge in [-0.3, -0.25) is 9.67 Å². The van der Waals surface area contributed by atoms with Crippen LogP contribution in [0.3, 0.4) is 0 Å². The van der Waals surface area contributed by atoms with Crippen LogP contribution in [0.1, 0.15) is 15.9 Å². The van der Waals surface area contributed by atoms with Crippen LogP contribution in [-0.2, 0) is 6.54 Å². The molecule has 0 fully saturated rings. The fourth-order valence-corrected chi connectivity index (χ4v) is 1.62. The van der Waals surface area contributed by atoms with Crippen LogP contribution in [0.2, 0.25) is 0 Å². The number of aryl methyl sites for hydroxylation is 1. The maximum absolute atomic E-state index is 11.0. The van der Waals surface area contributed by atoms with E-state index < -0.39 is 5.97 Å². The summed E-state index contributed by atoms with van der Waals surface area (Å²) in [5.41, 5.74) is 1.85. The Hall–Kier alpha value is -2.37. The number of hydrogen-bond donors (Lipinski definition) is 2. The zero-order valence-corrected chi connectivity index (χ0v) is 10.00. The van der Waals surface area contributed by atoms with Crippen molar-refractivity contribution in [3.63, 3.8) is 0 Å². The Balaban J connectivity index is 1.96. The third-order valence-corrected chi connectivity index (χ3v) is 2.47. The van der Waals surface area contributed by atoms with Gasteiger partial charge in [-0.05, 0) is 18.6 Å². The summed E-state index contributed by atoms with van der Waals surface area (Å²) >= 11 is 0. The fourth-order valence-electron chi connectivity index (χ4n) is 1.62. The van der Waals surface area contributed by atoms with Crippen LogP contribution < -0.4 is 5.32 Å². The minimum absolute atomic E-state index is 0.224. The molecule has 2 aromatic heterocycles. The second-order valence-electron chi connectivity index (χ2n) is 3.93. The van der Waals surface area contributed by atoms with Crippen molar-refractivity contribution in [2.24, 2.45) is 0 Å². The van der Waals surface area contributed by atoms with Gasteiger partial charge in [0.05, 0.1) is 30.2 Å². The van der Waals surface area contributed by atoms with E-state index in [1.807, 2.05) is 13.1 Å². The third kappa shape index (κ3) is 2.85. The Morgan fingerprint density at radius 1 is 1.50 bits per heavy atom. The molecular weight excluding hydrogens is 232 g/mol. The molecule has 0 radical (unpaired) electrons. The molecule has 0 amide bonds. The second-order valence-corrected chi connectivity index (χ2v) is 3.93. The van der Waals surface area contributed by atoms with Crippen molar-refractivity contribution in [3.8, 4) is 0 Å². The normalized spacial score (nSPS) is 10.3. The lowest BCUT2D eigenvalue weighted by Crippen LogP contribution is -2.13. The van der Waals surface area contributed by atoms with Crippen LogP contribution in [0.15, 0.2) is 30.9 Å². The van der Waals surface area contributed by atoms with Crippen LogP contribution in [0.25, 0.3) is 0 Å². The Labute approximate surface area is 104 Å². The number of carboxylic acids is 1. The molecule has 18 heavy (non-hydrogen) atoms. The molecule has 6 nitrogen and oxygen atoms in total. The van der Waals surface area contributed by atoms with Gasteiger partial charge in [-0.1, -0.05) is 0 Å². The zero-order valence-electron chi connectivity index (χ0n) is 10.00. The molecule has 2 N–H and O–H groups in total. The standard InChI is InChI=1S/C12H14N4O2/c1-9-6-15-16(8-9)5-4-14-11-7-13-3-2-10(11)12(17)18/h2-3,6-8,14H,4-5H2,1H3,(H,17,18). The van der Waals surface area contributed by atoms with Gasteiger partial charge in [-0.25, -0.2) is 4.79 Å². The van der Waals surface area contributed by atoms with E-state index in [2.05, 4.69) is 15.4 Å². The molecule has 0 spiro atoms. The molecule has 6 heteroatoms. The highest BCUT2D eigenvalue weighted by molar-refractivity contribution is 5.93. The number of rotatable bonds is 5. The summed E-state index contributed by atoms with van der Waals surface area (Å²) in [5, 5.41) is 16.2. The summed E-state index contributed by atoms with van der Waals surface area (Å²) in [6.07, 6.45) is 6.69. The van der Waals surface area contributed by atoms with E-state index in [0.29, 0.717) is 18.8 Å². The van der Waals surface area contributed by atoms with Gasteiger partial charge < -0.3 is 10.4 Å². The van der Waals surface area contributed by atoms with Crippen LogP contribution in [0, 0.1) is 6.92 Å². The molecule has 0 aliphatic carbocycles. The van der Waals surface area contributed by atoms with Gasteiger partial charge in [-0.2, -0.15) is 5.10 Å². The summed E-state index contributed by atoms with van der Waals surface area (Å²) in [7, 11) is 0. The molecule has 2 heterocycles. The second kappa shape index (κ2) is 5.31. The Morgan fingerprint density at radius 2 is 2.33 bits per heavy atom. The first kappa shape index (κ1) is 12.1. The number of carboxylic acid groups (broad SMARTS) is 1. The number of nitrogens with one attached hydrogen (secondary N) is 1. The SMILES string of the molecule is Cc1cnn(CCNc2cnccc2C(=O)O)c1. The highest BCUT2D eigenvalue weighted by atomic mass is 16.4. The van der Waals surface area contributed by atoms with Gasteiger partial charge >= 0.3 is 5.97 Å². The molecule has 94 valence electrons. The van der Waals surface area contributed by atoms with Gasteiger partial charge in [0.1, 0.15) is 0 Å². The molecule has 0 atom stereocenters. The van der Waals surface area contributed by atoms with Gasteiger partial charge in [0.25, 0.3) is 0 Å². The van der Waals surface area contributed by atoms with Gasteiger partial charge in [-0.15, -0.1) is 0 Å². The Kier molecular flexibility index (Phi) is 3.57. The van der Waals surface area contributed by atoms with Gasteiger partial charge in [0.2, 0.25) is 0 Å². The molecule has 2 rings (SSSR count). The van der Waals surface area contributed by atoms with Crippen molar-refractivity contribution in [3.05, 3.63) is 42.0 Å². The van der Waals surface area contributed by atoms with Crippen LogP contribution in [-0.4, -0.2) is 32.4 Å². The number of hydrogen-bond acceptors (Lipinski definition) is 4. The molecule has 0 aliphatic rings. The summed E-state index contributed by atoms with van der Waals surface area (Å²) in [6.45, 7) is 3.23. The minimum atomic E-state index is -0.963. The number of anilines is 1. The maximum Gasteiger partial charge on any atom is 0.337 e. The lowest BCUT2D eigenvalue weighted by atomic mass is 10.2. The van der Waals surface area contributed by atoms with E-state index in [9.17, 15) is 4.79 Å². The summed E-state index contributed by atoms with van der Waals surface area (Å²) in [4.78, 5) is 14.9. The zero-order chi connectivity index (χ0) is 13.0. The first-order chi connectivity index (χ1) is 8.66. The molecule has 0 aliphatic heterocycles. The van der Waals surface area contributed by atoms with E-state index in [1.165, 1.54) is 18.5 Å². The summed E-state index contributed by atoms with van der Waals surface area (Å²) in [6, 6.07) is 1.47. The number of aromatic carboxylic acids is 1. The molecular formula is C12H14N4O2. The predicted octanol–water partition coefficient (Wildman–Crippen LogP) is 1.40. The number of pyridine rings is 1.